The van der Waals surface area contributed by atoms with Gasteiger partial charge in [-0.25, -0.2) is 4.79 Å². The molecule has 0 fully saturated rings. The van der Waals surface area contributed by atoms with Gasteiger partial charge in [-0.1, -0.05) is 101 Å². The zero-order valence-electron chi connectivity index (χ0n) is 33.1. The third-order valence-corrected chi connectivity index (χ3v) is 8.26. The number of carbonyl (C=O) groups is 3. The summed E-state index contributed by atoms with van der Waals surface area (Å²) in [6, 6.07) is 0. The third-order valence-electron chi connectivity index (χ3n) is 8.26. The summed E-state index contributed by atoms with van der Waals surface area (Å²) in [6.45, 7) is 7.11. The Labute approximate surface area is 316 Å². The Morgan fingerprint density at radius 1 is 0.519 bits per heavy atom. The minimum absolute atomic E-state index is 0.0856. The Kier molecular flexibility index (Phi) is 37.1. The molecule has 0 bridgehead atoms. The van der Waals surface area contributed by atoms with Crippen LogP contribution in [0.25, 0.3) is 0 Å². The van der Waals surface area contributed by atoms with Gasteiger partial charge in [0, 0.05) is 26.1 Å². The van der Waals surface area contributed by atoms with E-state index in [2.05, 4.69) is 69.4 Å². The number of hydrogen-bond acceptors (Lipinski definition) is 8. The van der Waals surface area contributed by atoms with Crippen molar-refractivity contribution in [1.29, 1.82) is 0 Å². The third kappa shape index (κ3) is 36.9. The highest BCUT2D eigenvalue weighted by atomic mass is 16.7. The molecule has 0 rings (SSSR count). The maximum atomic E-state index is 12.6. The van der Waals surface area contributed by atoms with Crippen LogP contribution < -0.4 is 0 Å². The molecule has 0 heterocycles. The van der Waals surface area contributed by atoms with Crippen molar-refractivity contribution in [2.24, 2.45) is 5.92 Å². The summed E-state index contributed by atoms with van der Waals surface area (Å²) < 4.78 is 27.5. The molecule has 0 amide bonds. The smallest absolute Gasteiger partial charge is 0.465 e. The van der Waals surface area contributed by atoms with Gasteiger partial charge in [0.15, 0.2) is 6.29 Å². The van der Waals surface area contributed by atoms with Crippen LogP contribution >= 0.6 is 0 Å². The summed E-state index contributed by atoms with van der Waals surface area (Å²) in [7, 11) is 0. The van der Waals surface area contributed by atoms with Gasteiger partial charge in [-0.3, -0.25) is 9.59 Å². The van der Waals surface area contributed by atoms with Crippen LogP contribution in [0.3, 0.4) is 0 Å². The number of esters is 2. The van der Waals surface area contributed by atoms with E-state index in [-0.39, 0.29) is 32.2 Å². The number of allylic oxidation sites excluding steroid dienone is 8. The van der Waals surface area contributed by atoms with E-state index in [4.69, 9.17) is 28.8 Å². The molecule has 300 valence electrons. The molecule has 1 atom stereocenters. The quantitative estimate of drug-likeness (QED) is 0.0219. The molecule has 0 saturated heterocycles. The topological polar surface area (TPSA) is 118 Å². The first-order valence-electron chi connectivity index (χ1n) is 20.4. The van der Waals surface area contributed by atoms with Crippen molar-refractivity contribution in [1.82, 2.24) is 0 Å². The van der Waals surface area contributed by atoms with Crippen molar-refractivity contribution >= 4 is 18.1 Å². The first-order chi connectivity index (χ1) is 25.4. The number of unbranched alkanes of at least 4 members (excludes halogenated alkanes) is 12. The van der Waals surface area contributed by atoms with E-state index < -0.39 is 24.3 Å². The lowest BCUT2D eigenvalue weighted by molar-refractivity contribution is -0.161. The monoisotopic (exact) mass is 735 g/mol. The molecule has 1 unspecified atom stereocenters. The fourth-order valence-corrected chi connectivity index (χ4v) is 5.16. The Morgan fingerprint density at radius 2 is 0.981 bits per heavy atom. The molecule has 0 aromatic rings. The van der Waals surface area contributed by atoms with Gasteiger partial charge in [-0.05, 0) is 89.9 Å². The first-order valence-corrected chi connectivity index (χ1v) is 20.4. The van der Waals surface area contributed by atoms with Crippen LogP contribution in [0.1, 0.15) is 162 Å². The first kappa shape index (κ1) is 49.1. The minimum Gasteiger partial charge on any atom is -0.465 e. The van der Waals surface area contributed by atoms with Gasteiger partial charge in [0.1, 0.15) is 19.8 Å². The number of ether oxygens (including phenoxy) is 5. The van der Waals surface area contributed by atoms with Crippen molar-refractivity contribution in [3.05, 3.63) is 48.6 Å². The van der Waals surface area contributed by atoms with Crippen molar-refractivity contribution in [2.75, 3.05) is 33.0 Å². The number of carbonyl (C=O) groups excluding carboxylic acids is 2. The average Bonchev–Trinajstić information content (AvgIpc) is 3.13. The molecule has 0 aliphatic carbocycles. The lowest BCUT2D eigenvalue weighted by Crippen LogP contribution is -2.26. The highest BCUT2D eigenvalue weighted by Crippen LogP contribution is 2.13. The fraction of sp³-hybridized carbons (Fsp3) is 0.744. The van der Waals surface area contributed by atoms with Crippen LogP contribution in [0, 0.1) is 5.92 Å². The second kappa shape index (κ2) is 39.3. The van der Waals surface area contributed by atoms with Gasteiger partial charge in [0.2, 0.25) is 0 Å². The normalized spacial score (nSPS) is 12.5. The highest BCUT2D eigenvalue weighted by Gasteiger charge is 2.19. The summed E-state index contributed by atoms with van der Waals surface area (Å²) in [6.07, 6.45) is 36.5. The number of carboxylic acid groups (broad SMARTS) is 1. The largest absolute Gasteiger partial charge is 0.505 e. The van der Waals surface area contributed by atoms with Crippen LogP contribution in [0.2, 0.25) is 0 Å². The Hall–Kier alpha value is -2.91. The standard InChI is InChI=1S/C43H74O9/c1-4-7-10-13-16-17-18-19-20-21-22-23-24-25-28-31-40(44)50-36-39(38-52-43(46)47)37-51-41(45)32-33-42(48-34-29-26-14-11-8-5-2)49-35-30-27-15-12-9-6-3/h8-9,11-12,16-17,19-20,39,42H,4-7,10,13-15,18,21-38H2,1-3H3,(H,46,47)/b11-8-,12-9-,17-16-,20-19-. The summed E-state index contributed by atoms with van der Waals surface area (Å²) in [5.41, 5.74) is 0. The van der Waals surface area contributed by atoms with E-state index in [9.17, 15) is 14.4 Å². The molecule has 0 aliphatic heterocycles. The second-order valence-electron chi connectivity index (χ2n) is 13.3. The van der Waals surface area contributed by atoms with Crippen molar-refractivity contribution in [2.45, 2.75) is 168 Å². The van der Waals surface area contributed by atoms with Gasteiger partial charge in [-0.2, -0.15) is 0 Å². The highest BCUT2D eigenvalue weighted by molar-refractivity contribution is 5.69. The SMILES string of the molecule is CC/C=C\CCCCOC(CCC(=O)OCC(COC(=O)O)COC(=O)CCCCCCC/C=C\C/C=C\CCCCC)OCCCC/C=C\CC. The molecule has 52 heavy (non-hydrogen) atoms. The Morgan fingerprint density at radius 3 is 1.52 bits per heavy atom. The molecule has 9 nitrogen and oxygen atoms in total. The maximum absolute atomic E-state index is 12.6. The summed E-state index contributed by atoms with van der Waals surface area (Å²) >= 11 is 0. The average molecular weight is 735 g/mol. The van der Waals surface area contributed by atoms with Crippen LogP contribution in [0.15, 0.2) is 48.6 Å². The van der Waals surface area contributed by atoms with Crippen LogP contribution in [-0.2, 0) is 33.3 Å². The lowest BCUT2D eigenvalue weighted by Gasteiger charge is -2.19. The second-order valence-corrected chi connectivity index (χ2v) is 13.3. The molecule has 9 heteroatoms. The summed E-state index contributed by atoms with van der Waals surface area (Å²) in [5, 5.41) is 8.97. The van der Waals surface area contributed by atoms with Crippen molar-refractivity contribution in [3.8, 4) is 0 Å². The Bertz CT molecular complexity index is 932. The van der Waals surface area contributed by atoms with Gasteiger partial charge in [-0.15, -0.1) is 0 Å². The molecule has 0 radical (unpaired) electrons. The predicted molar refractivity (Wildman–Crippen MR) is 210 cm³/mol. The Balaban J connectivity index is 4.43. The molecular formula is C43H74O9. The van der Waals surface area contributed by atoms with E-state index in [0.29, 0.717) is 26.1 Å². The summed E-state index contributed by atoms with van der Waals surface area (Å²) in [5.74, 6) is -1.40. The zero-order valence-corrected chi connectivity index (χ0v) is 33.1. The van der Waals surface area contributed by atoms with Gasteiger partial charge in [0.25, 0.3) is 0 Å². The van der Waals surface area contributed by atoms with Gasteiger partial charge < -0.3 is 28.8 Å². The van der Waals surface area contributed by atoms with Crippen LogP contribution in [0.4, 0.5) is 4.79 Å². The molecule has 0 aromatic carbocycles. The molecular weight excluding hydrogens is 660 g/mol. The predicted octanol–water partition coefficient (Wildman–Crippen LogP) is 11.6. The van der Waals surface area contributed by atoms with Gasteiger partial charge in [0.05, 0.1) is 12.3 Å². The number of rotatable bonds is 37. The molecule has 0 saturated carbocycles. The van der Waals surface area contributed by atoms with E-state index in [1.54, 1.807) is 0 Å². The summed E-state index contributed by atoms with van der Waals surface area (Å²) in [4.78, 5) is 36.0. The van der Waals surface area contributed by atoms with E-state index >= 15 is 0 Å². The molecule has 0 spiro atoms. The van der Waals surface area contributed by atoms with Crippen LogP contribution in [-0.4, -0.2) is 62.5 Å². The van der Waals surface area contributed by atoms with E-state index in [1.165, 1.54) is 25.7 Å². The lowest BCUT2D eigenvalue weighted by atomic mass is 10.1. The fourth-order valence-electron chi connectivity index (χ4n) is 5.16. The molecule has 0 aliphatic rings. The van der Waals surface area contributed by atoms with Gasteiger partial charge >= 0.3 is 18.1 Å². The van der Waals surface area contributed by atoms with Crippen molar-refractivity contribution in [3.63, 3.8) is 0 Å². The molecule has 1 N–H and O–H groups in total. The number of hydrogen-bond donors (Lipinski definition) is 1. The van der Waals surface area contributed by atoms with Crippen molar-refractivity contribution < 1.29 is 43.2 Å². The molecule has 0 aromatic heterocycles. The van der Waals surface area contributed by atoms with Crippen LogP contribution in [0.5, 0.6) is 0 Å². The zero-order chi connectivity index (χ0) is 38.2. The van der Waals surface area contributed by atoms with E-state index in [1.807, 2.05) is 0 Å². The maximum Gasteiger partial charge on any atom is 0.505 e. The minimum atomic E-state index is -1.44. The van der Waals surface area contributed by atoms with E-state index in [0.717, 1.165) is 96.3 Å².